The molecular formula is C12H13ClO3. The van der Waals surface area contributed by atoms with Crippen molar-refractivity contribution in [2.45, 2.75) is 6.42 Å². The Morgan fingerprint density at radius 2 is 2.25 bits per heavy atom. The third kappa shape index (κ3) is 3.95. The summed E-state index contributed by atoms with van der Waals surface area (Å²) in [4.78, 5) is 11.2. The molecule has 16 heavy (non-hydrogen) atoms. The van der Waals surface area contributed by atoms with Gasteiger partial charge in [0, 0.05) is 11.5 Å². The van der Waals surface area contributed by atoms with Crippen molar-refractivity contribution in [1.82, 2.24) is 0 Å². The molecule has 0 aliphatic rings. The third-order valence-corrected chi connectivity index (χ3v) is 2.09. The van der Waals surface area contributed by atoms with E-state index in [4.69, 9.17) is 16.3 Å². The van der Waals surface area contributed by atoms with Gasteiger partial charge in [-0.05, 0) is 18.2 Å². The summed E-state index contributed by atoms with van der Waals surface area (Å²) in [5, 5.41) is 0.545. The fraction of sp³-hybridized carbons (Fsp3) is 0.250. The first kappa shape index (κ1) is 12.6. The third-order valence-electron chi connectivity index (χ3n) is 1.90. The highest BCUT2D eigenvalue weighted by Gasteiger charge is 2.05. The Morgan fingerprint density at radius 1 is 1.50 bits per heavy atom. The number of hydrogen-bond donors (Lipinski definition) is 0. The van der Waals surface area contributed by atoms with E-state index in [1.54, 1.807) is 24.3 Å². The lowest BCUT2D eigenvalue weighted by Gasteiger charge is -2.06. The van der Waals surface area contributed by atoms with Crippen molar-refractivity contribution in [3.05, 3.63) is 41.4 Å². The molecule has 0 N–H and O–H groups in total. The predicted molar refractivity (Wildman–Crippen MR) is 62.9 cm³/mol. The largest absolute Gasteiger partial charge is 0.493 e. The molecule has 0 aromatic heterocycles. The molecule has 3 nitrogen and oxygen atoms in total. The van der Waals surface area contributed by atoms with Gasteiger partial charge in [-0.1, -0.05) is 24.2 Å². The van der Waals surface area contributed by atoms with Gasteiger partial charge in [-0.25, -0.2) is 4.79 Å². The SMILES string of the molecule is C=C(Cl)CCOc1cccc(C(=O)OC)c1. The van der Waals surface area contributed by atoms with Crippen LogP contribution in [0.5, 0.6) is 5.75 Å². The monoisotopic (exact) mass is 240 g/mol. The molecule has 0 amide bonds. The molecule has 86 valence electrons. The van der Waals surface area contributed by atoms with E-state index < -0.39 is 0 Å². The highest BCUT2D eigenvalue weighted by molar-refractivity contribution is 6.29. The minimum Gasteiger partial charge on any atom is -0.493 e. The second-order valence-corrected chi connectivity index (χ2v) is 3.67. The lowest BCUT2D eigenvalue weighted by Crippen LogP contribution is -2.02. The highest BCUT2D eigenvalue weighted by Crippen LogP contribution is 2.15. The minimum absolute atomic E-state index is 0.382. The van der Waals surface area contributed by atoms with Crippen molar-refractivity contribution in [2.24, 2.45) is 0 Å². The van der Waals surface area contributed by atoms with Crippen LogP contribution in [0.15, 0.2) is 35.9 Å². The Balaban J connectivity index is 2.60. The van der Waals surface area contributed by atoms with Crippen LogP contribution >= 0.6 is 11.6 Å². The lowest BCUT2D eigenvalue weighted by molar-refractivity contribution is 0.0600. The summed E-state index contributed by atoms with van der Waals surface area (Å²) in [7, 11) is 1.34. The molecule has 0 unspecified atom stereocenters. The van der Waals surface area contributed by atoms with Crippen LogP contribution in [0.4, 0.5) is 0 Å². The number of esters is 1. The molecule has 0 fully saturated rings. The molecule has 0 radical (unpaired) electrons. The summed E-state index contributed by atoms with van der Waals surface area (Å²) in [5.74, 6) is 0.230. The summed E-state index contributed by atoms with van der Waals surface area (Å²) in [6.45, 7) is 3.99. The molecule has 1 aromatic carbocycles. The Hall–Kier alpha value is -1.48. The zero-order chi connectivity index (χ0) is 12.0. The first-order valence-electron chi connectivity index (χ1n) is 4.78. The van der Waals surface area contributed by atoms with Crippen molar-refractivity contribution in [1.29, 1.82) is 0 Å². The van der Waals surface area contributed by atoms with Crippen molar-refractivity contribution >= 4 is 17.6 Å². The number of carbonyl (C=O) groups excluding carboxylic acids is 1. The number of halogens is 1. The van der Waals surface area contributed by atoms with Crippen LogP contribution in [-0.4, -0.2) is 19.7 Å². The van der Waals surface area contributed by atoms with Gasteiger partial charge in [0.15, 0.2) is 0 Å². The fourth-order valence-corrected chi connectivity index (χ4v) is 1.19. The molecule has 0 saturated carbocycles. The fourth-order valence-electron chi connectivity index (χ4n) is 1.11. The molecule has 0 aliphatic heterocycles. The summed E-state index contributed by atoms with van der Waals surface area (Å²) in [6.07, 6.45) is 0.573. The number of rotatable bonds is 5. The summed E-state index contributed by atoms with van der Waals surface area (Å²) in [5.41, 5.74) is 0.463. The zero-order valence-electron chi connectivity index (χ0n) is 9.03. The van der Waals surface area contributed by atoms with Gasteiger partial charge in [0.1, 0.15) is 5.75 Å². The van der Waals surface area contributed by atoms with Gasteiger partial charge < -0.3 is 9.47 Å². The Bertz CT molecular complexity index is 388. The molecule has 0 aliphatic carbocycles. The number of methoxy groups -OCH3 is 1. The van der Waals surface area contributed by atoms with Gasteiger partial charge in [-0.2, -0.15) is 0 Å². The van der Waals surface area contributed by atoms with E-state index in [0.717, 1.165) is 0 Å². The Labute approximate surface area is 99.6 Å². The summed E-state index contributed by atoms with van der Waals surface area (Å²) < 4.78 is 10.0. The van der Waals surface area contributed by atoms with E-state index in [0.29, 0.717) is 29.4 Å². The van der Waals surface area contributed by atoms with Crippen LogP contribution in [0, 0.1) is 0 Å². The minimum atomic E-state index is -0.382. The van der Waals surface area contributed by atoms with E-state index >= 15 is 0 Å². The summed E-state index contributed by atoms with van der Waals surface area (Å²) >= 11 is 5.60. The number of ether oxygens (including phenoxy) is 2. The van der Waals surface area contributed by atoms with Gasteiger partial charge in [-0.15, -0.1) is 0 Å². The standard InChI is InChI=1S/C12H13ClO3/c1-9(13)6-7-16-11-5-3-4-10(8-11)12(14)15-2/h3-5,8H,1,6-7H2,2H3. The average Bonchev–Trinajstić information content (AvgIpc) is 2.28. The maximum Gasteiger partial charge on any atom is 0.337 e. The topological polar surface area (TPSA) is 35.5 Å². The van der Waals surface area contributed by atoms with E-state index in [9.17, 15) is 4.79 Å². The second kappa shape index (κ2) is 6.18. The molecule has 1 rings (SSSR count). The normalized spacial score (nSPS) is 9.62. The Kier molecular flexibility index (Phi) is 4.86. The molecule has 0 heterocycles. The van der Waals surface area contributed by atoms with E-state index in [1.807, 2.05) is 0 Å². The van der Waals surface area contributed by atoms with Crippen molar-refractivity contribution in [3.63, 3.8) is 0 Å². The summed E-state index contributed by atoms with van der Waals surface area (Å²) in [6, 6.07) is 6.79. The van der Waals surface area contributed by atoms with E-state index in [1.165, 1.54) is 7.11 Å². The Morgan fingerprint density at radius 3 is 2.88 bits per heavy atom. The second-order valence-electron chi connectivity index (χ2n) is 3.14. The van der Waals surface area contributed by atoms with Crippen molar-refractivity contribution < 1.29 is 14.3 Å². The quantitative estimate of drug-likeness (QED) is 0.743. The van der Waals surface area contributed by atoms with E-state index in [-0.39, 0.29) is 5.97 Å². The zero-order valence-corrected chi connectivity index (χ0v) is 9.79. The number of carbonyl (C=O) groups is 1. The van der Waals surface area contributed by atoms with Crippen LogP contribution < -0.4 is 4.74 Å². The van der Waals surface area contributed by atoms with E-state index in [2.05, 4.69) is 11.3 Å². The molecule has 0 bridgehead atoms. The average molecular weight is 241 g/mol. The maximum absolute atomic E-state index is 11.2. The first-order chi connectivity index (χ1) is 7.63. The smallest absolute Gasteiger partial charge is 0.337 e. The molecule has 1 aromatic rings. The first-order valence-corrected chi connectivity index (χ1v) is 5.15. The van der Waals surface area contributed by atoms with Crippen LogP contribution in [-0.2, 0) is 4.74 Å². The predicted octanol–water partition coefficient (Wildman–Crippen LogP) is 2.99. The van der Waals surface area contributed by atoms with Crippen LogP contribution in [0.2, 0.25) is 0 Å². The molecule has 0 spiro atoms. The van der Waals surface area contributed by atoms with Gasteiger partial charge >= 0.3 is 5.97 Å². The van der Waals surface area contributed by atoms with Gasteiger partial charge in [-0.3, -0.25) is 0 Å². The van der Waals surface area contributed by atoms with Crippen LogP contribution in [0.25, 0.3) is 0 Å². The lowest BCUT2D eigenvalue weighted by atomic mass is 10.2. The molecular weight excluding hydrogens is 228 g/mol. The maximum atomic E-state index is 11.2. The van der Waals surface area contributed by atoms with Gasteiger partial charge in [0.2, 0.25) is 0 Å². The molecule has 0 atom stereocenters. The van der Waals surface area contributed by atoms with Gasteiger partial charge in [0.25, 0.3) is 0 Å². The van der Waals surface area contributed by atoms with Crippen LogP contribution in [0.3, 0.4) is 0 Å². The van der Waals surface area contributed by atoms with Crippen molar-refractivity contribution in [3.8, 4) is 5.75 Å². The van der Waals surface area contributed by atoms with Gasteiger partial charge in [0.05, 0.1) is 19.3 Å². The van der Waals surface area contributed by atoms with Crippen LogP contribution in [0.1, 0.15) is 16.8 Å². The molecule has 0 saturated heterocycles. The highest BCUT2D eigenvalue weighted by atomic mass is 35.5. The number of benzene rings is 1. The molecule has 4 heteroatoms. The van der Waals surface area contributed by atoms with Crippen molar-refractivity contribution in [2.75, 3.05) is 13.7 Å². The number of hydrogen-bond acceptors (Lipinski definition) is 3.